The number of amides is 2. The van der Waals surface area contributed by atoms with E-state index in [-0.39, 0.29) is 17.5 Å². The molecule has 0 spiro atoms. The van der Waals surface area contributed by atoms with Crippen molar-refractivity contribution in [2.24, 2.45) is 0 Å². The molecule has 0 radical (unpaired) electrons. The standard InChI is InChI=1S/C20H27N3O4S/c1-21-28(25,26)19-10-5-9-18(15-19)16-23-20(24)22-12-6-13-27-14-11-17-7-3-2-4-8-17/h2-5,7-10,15,21H,6,11-14,16H2,1H3,(H2,22,23,24). The number of ether oxygens (including phenoxy) is 1. The van der Waals surface area contributed by atoms with E-state index in [2.05, 4.69) is 27.5 Å². The first kappa shape index (κ1) is 21.9. The molecule has 2 aromatic rings. The maximum absolute atomic E-state index is 11.8. The molecular weight excluding hydrogens is 378 g/mol. The van der Waals surface area contributed by atoms with E-state index >= 15 is 0 Å². The Morgan fingerprint density at radius 3 is 2.46 bits per heavy atom. The van der Waals surface area contributed by atoms with Crippen molar-refractivity contribution in [2.45, 2.75) is 24.3 Å². The quantitative estimate of drug-likeness (QED) is 0.499. The van der Waals surface area contributed by atoms with Crippen LogP contribution in [-0.2, 0) is 27.7 Å². The van der Waals surface area contributed by atoms with E-state index in [4.69, 9.17) is 4.74 Å². The van der Waals surface area contributed by atoms with Crippen LogP contribution < -0.4 is 15.4 Å². The highest BCUT2D eigenvalue weighted by Crippen LogP contribution is 2.10. The molecule has 0 aliphatic heterocycles. The summed E-state index contributed by atoms with van der Waals surface area (Å²) < 4.78 is 31.4. The van der Waals surface area contributed by atoms with Gasteiger partial charge < -0.3 is 15.4 Å². The monoisotopic (exact) mass is 405 g/mol. The normalized spacial score (nSPS) is 11.2. The molecular formula is C20H27N3O4S. The summed E-state index contributed by atoms with van der Waals surface area (Å²) in [5.74, 6) is 0. The highest BCUT2D eigenvalue weighted by molar-refractivity contribution is 7.89. The number of urea groups is 1. The van der Waals surface area contributed by atoms with Crippen LogP contribution in [0.15, 0.2) is 59.5 Å². The number of hydrogen-bond donors (Lipinski definition) is 3. The molecule has 0 bridgehead atoms. The van der Waals surface area contributed by atoms with Gasteiger partial charge in [0.05, 0.1) is 11.5 Å². The van der Waals surface area contributed by atoms with E-state index in [0.29, 0.717) is 25.3 Å². The zero-order valence-electron chi connectivity index (χ0n) is 16.0. The van der Waals surface area contributed by atoms with Crippen molar-refractivity contribution < 1.29 is 17.9 Å². The topological polar surface area (TPSA) is 96.5 Å². The van der Waals surface area contributed by atoms with Crippen LogP contribution in [0.5, 0.6) is 0 Å². The summed E-state index contributed by atoms with van der Waals surface area (Å²) in [6.45, 7) is 1.98. The molecule has 7 nitrogen and oxygen atoms in total. The molecule has 0 saturated carbocycles. The average molecular weight is 406 g/mol. The Balaban J connectivity index is 1.58. The minimum absolute atomic E-state index is 0.169. The molecule has 8 heteroatoms. The Morgan fingerprint density at radius 2 is 1.71 bits per heavy atom. The average Bonchev–Trinajstić information content (AvgIpc) is 2.72. The van der Waals surface area contributed by atoms with Crippen LogP contribution in [0.3, 0.4) is 0 Å². The van der Waals surface area contributed by atoms with Gasteiger partial charge in [-0.25, -0.2) is 17.9 Å². The van der Waals surface area contributed by atoms with Gasteiger partial charge >= 0.3 is 6.03 Å². The second-order valence-electron chi connectivity index (χ2n) is 6.17. The zero-order chi connectivity index (χ0) is 20.2. The molecule has 152 valence electrons. The summed E-state index contributed by atoms with van der Waals surface area (Å²) in [4.78, 5) is 12.0. The largest absolute Gasteiger partial charge is 0.381 e. The molecule has 0 aromatic heterocycles. The molecule has 0 unspecified atom stereocenters. The molecule has 0 fully saturated rings. The first-order valence-corrected chi connectivity index (χ1v) is 10.7. The van der Waals surface area contributed by atoms with E-state index in [1.165, 1.54) is 24.7 Å². The van der Waals surface area contributed by atoms with Crippen LogP contribution in [0.25, 0.3) is 0 Å². The summed E-state index contributed by atoms with van der Waals surface area (Å²) in [5.41, 5.74) is 1.95. The molecule has 2 amide bonds. The molecule has 0 aliphatic carbocycles. The maximum atomic E-state index is 11.8. The van der Waals surface area contributed by atoms with Crippen LogP contribution in [0.4, 0.5) is 4.79 Å². The van der Waals surface area contributed by atoms with Gasteiger partial charge in [0.1, 0.15) is 0 Å². The SMILES string of the molecule is CNS(=O)(=O)c1cccc(CNC(=O)NCCCOCCc2ccccc2)c1. The van der Waals surface area contributed by atoms with Gasteiger partial charge in [-0.05, 0) is 43.1 Å². The van der Waals surface area contributed by atoms with Crippen molar-refractivity contribution in [1.29, 1.82) is 0 Å². The van der Waals surface area contributed by atoms with Crippen molar-refractivity contribution in [3.63, 3.8) is 0 Å². The highest BCUT2D eigenvalue weighted by Gasteiger charge is 2.11. The van der Waals surface area contributed by atoms with Gasteiger partial charge in [-0.1, -0.05) is 42.5 Å². The van der Waals surface area contributed by atoms with E-state index < -0.39 is 10.0 Å². The summed E-state index contributed by atoms with van der Waals surface area (Å²) >= 11 is 0. The van der Waals surface area contributed by atoms with Gasteiger partial charge in [0, 0.05) is 19.7 Å². The number of benzene rings is 2. The Kier molecular flexibility index (Phi) is 8.93. The van der Waals surface area contributed by atoms with Gasteiger partial charge in [0.25, 0.3) is 0 Å². The van der Waals surface area contributed by atoms with Crippen LogP contribution in [0.2, 0.25) is 0 Å². The Morgan fingerprint density at radius 1 is 0.964 bits per heavy atom. The molecule has 2 rings (SSSR count). The third kappa shape index (κ3) is 7.67. The fourth-order valence-electron chi connectivity index (χ4n) is 2.50. The van der Waals surface area contributed by atoms with Crippen molar-refractivity contribution in [3.05, 3.63) is 65.7 Å². The number of rotatable bonds is 11. The molecule has 28 heavy (non-hydrogen) atoms. The molecule has 0 heterocycles. The Labute approximate surface area is 166 Å². The summed E-state index contributed by atoms with van der Waals surface area (Å²) in [6, 6.07) is 16.3. The van der Waals surface area contributed by atoms with E-state index in [1.54, 1.807) is 12.1 Å². The Bertz CT molecular complexity index is 842. The highest BCUT2D eigenvalue weighted by atomic mass is 32.2. The number of nitrogens with one attached hydrogen (secondary N) is 3. The van der Waals surface area contributed by atoms with Gasteiger partial charge in [-0.2, -0.15) is 0 Å². The molecule has 0 aliphatic rings. The fourth-order valence-corrected chi connectivity index (χ4v) is 3.30. The second-order valence-corrected chi connectivity index (χ2v) is 8.05. The summed E-state index contributed by atoms with van der Waals surface area (Å²) in [6.07, 6.45) is 1.59. The first-order valence-electron chi connectivity index (χ1n) is 9.17. The predicted octanol–water partition coefficient (Wildman–Crippen LogP) is 2.04. The number of sulfonamides is 1. The zero-order valence-corrected chi connectivity index (χ0v) is 16.8. The lowest BCUT2D eigenvalue weighted by atomic mass is 10.2. The lowest BCUT2D eigenvalue weighted by Gasteiger charge is -2.09. The van der Waals surface area contributed by atoms with E-state index in [0.717, 1.165) is 12.8 Å². The van der Waals surface area contributed by atoms with Crippen molar-refractivity contribution in [1.82, 2.24) is 15.4 Å². The van der Waals surface area contributed by atoms with Gasteiger partial charge in [-0.15, -0.1) is 0 Å². The summed E-state index contributed by atoms with van der Waals surface area (Å²) in [5, 5.41) is 5.47. The lowest BCUT2D eigenvalue weighted by Crippen LogP contribution is -2.36. The van der Waals surface area contributed by atoms with E-state index in [1.807, 2.05) is 18.2 Å². The van der Waals surface area contributed by atoms with Gasteiger partial charge in [0.15, 0.2) is 0 Å². The Hall–Kier alpha value is -2.42. The number of carbonyl (C=O) groups is 1. The smallest absolute Gasteiger partial charge is 0.315 e. The minimum Gasteiger partial charge on any atom is -0.381 e. The molecule has 2 aromatic carbocycles. The van der Waals surface area contributed by atoms with E-state index in [9.17, 15) is 13.2 Å². The second kappa shape index (κ2) is 11.4. The van der Waals surface area contributed by atoms with Crippen LogP contribution in [0.1, 0.15) is 17.5 Å². The van der Waals surface area contributed by atoms with Gasteiger partial charge in [-0.3, -0.25) is 0 Å². The van der Waals surface area contributed by atoms with Crippen molar-refractivity contribution >= 4 is 16.1 Å². The maximum Gasteiger partial charge on any atom is 0.315 e. The molecule has 0 atom stereocenters. The minimum atomic E-state index is -3.49. The summed E-state index contributed by atoms with van der Waals surface area (Å²) in [7, 11) is -2.13. The predicted molar refractivity (Wildman–Crippen MR) is 109 cm³/mol. The third-order valence-corrected chi connectivity index (χ3v) is 5.47. The number of carbonyl (C=O) groups excluding carboxylic acids is 1. The fraction of sp³-hybridized carbons (Fsp3) is 0.350. The lowest BCUT2D eigenvalue weighted by molar-refractivity contribution is 0.135. The van der Waals surface area contributed by atoms with Crippen molar-refractivity contribution in [2.75, 3.05) is 26.8 Å². The van der Waals surface area contributed by atoms with Gasteiger partial charge in [0.2, 0.25) is 10.0 Å². The molecule has 3 N–H and O–H groups in total. The van der Waals surface area contributed by atoms with Crippen molar-refractivity contribution in [3.8, 4) is 0 Å². The number of hydrogen-bond acceptors (Lipinski definition) is 4. The van der Waals surface area contributed by atoms with Crippen LogP contribution in [0, 0.1) is 0 Å². The molecule has 0 saturated heterocycles. The van der Waals surface area contributed by atoms with Crippen LogP contribution in [-0.4, -0.2) is 41.3 Å². The third-order valence-electron chi connectivity index (χ3n) is 4.06. The van der Waals surface area contributed by atoms with Crippen LogP contribution >= 0.6 is 0 Å². The first-order chi connectivity index (χ1) is 13.5.